The maximum absolute atomic E-state index is 11.9. The van der Waals surface area contributed by atoms with Crippen LogP contribution in [-0.2, 0) is 9.53 Å². The molecule has 0 saturated carbocycles. The molecule has 1 N–H and O–H groups in total. The number of piperidine rings is 1. The highest BCUT2D eigenvalue weighted by molar-refractivity contribution is 6.30. The predicted octanol–water partition coefficient (Wildman–Crippen LogP) is 5.77. The van der Waals surface area contributed by atoms with Crippen LogP contribution in [-0.4, -0.2) is 25.8 Å². The maximum atomic E-state index is 11.9. The molecule has 0 radical (unpaired) electrons. The summed E-state index contributed by atoms with van der Waals surface area (Å²) < 4.78 is 5.49. The number of halogens is 1. The molecule has 0 amide bonds. The minimum absolute atomic E-state index is 0.0223. The number of hydrogen-bond donors (Lipinski definition) is 1. The lowest BCUT2D eigenvalue weighted by atomic mass is 9.90. The van der Waals surface area contributed by atoms with Crippen LogP contribution in [0.1, 0.15) is 96.5 Å². The number of rotatable bonds is 11. The van der Waals surface area contributed by atoms with Crippen LogP contribution in [0.2, 0.25) is 5.02 Å². The van der Waals surface area contributed by atoms with E-state index in [9.17, 15) is 4.79 Å². The van der Waals surface area contributed by atoms with Crippen molar-refractivity contribution >= 4 is 17.6 Å². The number of carbonyl (C=O) groups is 1. The SMILES string of the molecule is CC.CCCCCCCCCC(=O)OC[NH+]1CCC(c2ccc(Cl)cc2)CC1. The average Bonchev–Trinajstić information content (AvgIpc) is 2.74. The van der Waals surface area contributed by atoms with Crippen LogP contribution in [0.3, 0.4) is 0 Å². The zero-order chi connectivity index (χ0) is 20.6. The largest absolute Gasteiger partial charge is 0.415 e. The van der Waals surface area contributed by atoms with Gasteiger partial charge in [-0.25, -0.2) is 0 Å². The normalized spacial score (nSPS) is 18.9. The molecule has 1 heterocycles. The van der Waals surface area contributed by atoms with Gasteiger partial charge in [0.25, 0.3) is 0 Å². The Bertz CT molecular complexity index is 510. The Morgan fingerprint density at radius 2 is 1.57 bits per heavy atom. The predicted molar refractivity (Wildman–Crippen MR) is 119 cm³/mol. The van der Waals surface area contributed by atoms with Gasteiger partial charge in [0.15, 0.2) is 0 Å². The zero-order valence-corrected chi connectivity index (χ0v) is 19.0. The van der Waals surface area contributed by atoms with E-state index in [-0.39, 0.29) is 5.97 Å². The number of unbranched alkanes of at least 4 members (excludes halogenated alkanes) is 6. The first-order valence-electron chi connectivity index (χ1n) is 11.4. The van der Waals surface area contributed by atoms with E-state index in [0.717, 1.165) is 43.8 Å². The molecule has 0 spiro atoms. The Kier molecular flexibility index (Phi) is 14.1. The third kappa shape index (κ3) is 10.5. The summed E-state index contributed by atoms with van der Waals surface area (Å²) in [4.78, 5) is 13.3. The van der Waals surface area contributed by atoms with Gasteiger partial charge >= 0.3 is 5.97 Å². The van der Waals surface area contributed by atoms with Gasteiger partial charge in [0, 0.05) is 24.3 Å². The monoisotopic (exact) mass is 410 g/mol. The summed E-state index contributed by atoms with van der Waals surface area (Å²) >= 11 is 5.97. The molecule has 1 aromatic carbocycles. The fraction of sp³-hybridized carbons (Fsp3) is 0.708. The summed E-state index contributed by atoms with van der Waals surface area (Å²) in [6.07, 6.45) is 11.5. The van der Waals surface area contributed by atoms with Crippen molar-refractivity contribution in [2.24, 2.45) is 0 Å². The molecule has 1 aliphatic rings. The second-order valence-corrected chi connectivity index (χ2v) is 8.04. The van der Waals surface area contributed by atoms with Gasteiger partial charge in [0.05, 0.1) is 13.1 Å². The van der Waals surface area contributed by atoms with Gasteiger partial charge in [-0.05, 0) is 30.0 Å². The lowest BCUT2D eigenvalue weighted by Gasteiger charge is -2.29. The van der Waals surface area contributed by atoms with Crippen LogP contribution in [0.15, 0.2) is 24.3 Å². The summed E-state index contributed by atoms with van der Waals surface area (Å²) in [5, 5.41) is 0.796. The number of esters is 1. The molecule has 0 atom stereocenters. The third-order valence-corrected chi connectivity index (χ3v) is 5.71. The summed E-state index contributed by atoms with van der Waals surface area (Å²) in [6.45, 7) is 8.90. The van der Waals surface area contributed by atoms with E-state index in [1.54, 1.807) is 0 Å². The third-order valence-electron chi connectivity index (χ3n) is 5.46. The Balaban J connectivity index is 0.00000190. The van der Waals surface area contributed by atoms with E-state index in [1.807, 2.05) is 26.0 Å². The van der Waals surface area contributed by atoms with E-state index in [0.29, 0.717) is 19.1 Å². The van der Waals surface area contributed by atoms with Gasteiger partial charge in [0.1, 0.15) is 0 Å². The average molecular weight is 411 g/mol. The fourth-order valence-electron chi connectivity index (χ4n) is 3.72. The highest BCUT2D eigenvalue weighted by Gasteiger charge is 2.24. The second kappa shape index (κ2) is 15.8. The molecule has 1 aliphatic heterocycles. The van der Waals surface area contributed by atoms with E-state index in [1.165, 1.54) is 42.6 Å². The van der Waals surface area contributed by atoms with Crippen molar-refractivity contribution in [3.63, 3.8) is 0 Å². The highest BCUT2D eigenvalue weighted by atomic mass is 35.5. The molecule has 28 heavy (non-hydrogen) atoms. The zero-order valence-electron chi connectivity index (χ0n) is 18.3. The Morgan fingerprint density at radius 1 is 1.00 bits per heavy atom. The van der Waals surface area contributed by atoms with Gasteiger partial charge in [-0.15, -0.1) is 0 Å². The van der Waals surface area contributed by atoms with Crippen LogP contribution >= 0.6 is 11.6 Å². The Morgan fingerprint density at radius 3 is 2.18 bits per heavy atom. The summed E-state index contributed by atoms with van der Waals surface area (Å²) in [5.74, 6) is 0.588. The smallest absolute Gasteiger partial charge is 0.310 e. The molecule has 0 aromatic heterocycles. The summed E-state index contributed by atoms with van der Waals surface area (Å²) in [6, 6.07) is 8.23. The standard InChI is InChI=1S/C22H34ClNO2.C2H6/c1-2-3-4-5-6-7-8-9-22(25)26-18-24-16-14-20(15-17-24)19-10-12-21(23)13-11-19;1-2/h10-13,20H,2-9,14-18H2,1H3;1-2H3/p+1. The lowest BCUT2D eigenvalue weighted by Crippen LogP contribution is -3.13. The molecule has 4 heteroatoms. The Labute approximate surface area is 177 Å². The number of quaternary nitrogens is 1. The van der Waals surface area contributed by atoms with Crippen LogP contribution in [0.25, 0.3) is 0 Å². The Hall–Kier alpha value is -1.06. The van der Waals surface area contributed by atoms with E-state index < -0.39 is 0 Å². The van der Waals surface area contributed by atoms with Crippen LogP contribution in [0, 0.1) is 0 Å². The van der Waals surface area contributed by atoms with Crippen molar-refractivity contribution in [2.75, 3.05) is 19.8 Å². The minimum Gasteiger partial charge on any atom is -0.415 e. The molecule has 1 saturated heterocycles. The first-order valence-corrected chi connectivity index (χ1v) is 11.8. The molecule has 0 unspecified atom stereocenters. The topological polar surface area (TPSA) is 30.7 Å². The van der Waals surface area contributed by atoms with Gasteiger partial charge in [0.2, 0.25) is 6.73 Å². The van der Waals surface area contributed by atoms with Crippen molar-refractivity contribution in [3.05, 3.63) is 34.9 Å². The summed E-state index contributed by atoms with van der Waals surface area (Å²) in [5.41, 5.74) is 1.38. The molecular formula is C24H41ClNO2+. The first kappa shape index (κ1) is 25.0. The molecule has 2 rings (SSSR count). The molecule has 0 bridgehead atoms. The lowest BCUT2D eigenvalue weighted by molar-refractivity contribution is -0.922. The molecule has 0 aliphatic carbocycles. The number of likely N-dealkylation sites (tertiary alicyclic amines) is 1. The number of benzene rings is 1. The second-order valence-electron chi connectivity index (χ2n) is 7.61. The molecular weight excluding hydrogens is 370 g/mol. The van der Waals surface area contributed by atoms with Crippen molar-refractivity contribution in [2.45, 2.75) is 90.9 Å². The number of ether oxygens (including phenoxy) is 1. The fourth-order valence-corrected chi connectivity index (χ4v) is 3.85. The highest BCUT2D eigenvalue weighted by Crippen LogP contribution is 2.25. The van der Waals surface area contributed by atoms with E-state index in [2.05, 4.69) is 19.1 Å². The molecule has 160 valence electrons. The van der Waals surface area contributed by atoms with Gasteiger partial charge in [-0.2, -0.15) is 0 Å². The quantitative estimate of drug-likeness (QED) is 0.370. The number of carbonyl (C=O) groups excluding carboxylic acids is 1. The molecule has 1 fully saturated rings. The van der Waals surface area contributed by atoms with Gasteiger partial charge in [-0.3, -0.25) is 4.79 Å². The number of nitrogens with one attached hydrogen (secondary N) is 1. The van der Waals surface area contributed by atoms with Crippen LogP contribution < -0.4 is 4.90 Å². The van der Waals surface area contributed by atoms with E-state index >= 15 is 0 Å². The van der Waals surface area contributed by atoms with Crippen molar-refractivity contribution in [1.29, 1.82) is 0 Å². The minimum atomic E-state index is -0.0223. The van der Waals surface area contributed by atoms with Crippen molar-refractivity contribution < 1.29 is 14.4 Å². The van der Waals surface area contributed by atoms with Gasteiger partial charge < -0.3 is 9.64 Å². The maximum Gasteiger partial charge on any atom is 0.310 e. The van der Waals surface area contributed by atoms with Crippen molar-refractivity contribution in [3.8, 4) is 0 Å². The van der Waals surface area contributed by atoms with Crippen LogP contribution in [0.4, 0.5) is 0 Å². The van der Waals surface area contributed by atoms with Gasteiger partial charge in [-0.1, -0.05) is 83.0 Å². The first-order chi connectivity index (χ1) is 13.7. The molecule has 3 nitrogen and oxygen atoms in total. The van der Waals surface area contributed by atoms with E-state index in [4.69, 9.17) is 16.3 Å². The number of hydrogen-bond acceptors (Lipinski definition) is 2. The molecule has 1 aromatic rings. The summed E-state index contributed by atoms with van der Waals surface area (Å²) in [7, 11) is 0. The van der Waals surface area contributed by atoms with Crippen molar-refractivity contribution in [1.82, 2.24) is 0 Å². The van der Waals surface area contributed by atoms with Crippen LogP contribution in [0.5, 0.6) is 0 Å².